The van der Waals surface area contributed by atoms with E-state index in [1.54, 1.807) is 13.8 Å². The van der Waals surface area contributed by atoms with Crippen molar-refractivity contribution in [2.24, 2.45) is 0 Å². The van der Waals surface area contributed by atoms with Crippen LogP contribution in [0, 0.1) is 0 Å². The van der Waals surface area contributed by atoms with Gasteiger partial charge in [-0.2, -0.15) is 0 Å². The van der Waals surface area contributed by atoms with Gasteiger partial charge < -0.3 is 20.3 Å². The molecule has 29 heavy (non-hydrogen) atoms. The first-order valence-electron chi connectivity index (χ1n) is 10.5. The van der Waals surface area contributed by atoms with E-state index in [1.807, 2.05) is 7.05 Å². The summed E-state index contributed by atoms with van der Waals surface area (Å²) in [6, 6.07) is 8.02. The van der Waals surface area contributed by atoms with E-state index in [0.717, 1.165) is 19.6 Å². The molecule has 3 rings (SSSR count). The normalized spacial score (nSPS) is 19.8. The van der Waals surface area contributed by atoms with Crippen LogP contribution in [0.5, 0.6) is 0 Å². The van der Waals surface area contributed by atoms with Gasteiger partial charge in [0.15, 0.2) is 0 Å². The summed E-state index contributed by atoms with van der Waals surface area (Å²) in [6.45, 7) is 7.32. The number of carbonyl (C=O) groups is 2. The number of rotatable bonds is 7. The number of carbonyl (C=O) groups excluding carboxylic acids is 2. The SMILES string of the molecule is CCOC(=O)C1=C(CN(C)Cc2ccc(N3CCCCC3)cc2)NC(=O)NC1C. The lowest BCUT2D eigenvalue weighted by Crippen LogP contribution is -2.51. The molecule has 7 heteroatoms. The van der Waals surface area contributed by atoms with Gasteiger partial charge in [-0.05, 0) is 57.9 Å². The van der Waals surface area contributed by atoms with Crippen LogP contribution in [0.15, 0.2) is 35.5 Å². The lowest BCUT2D eigenvalue weighted by atomic mass is 10.0. The quantitative estimate of drug-likeness (QED) is 0.689. The maximum atomic E-state index is 12.4. The van der Waals surface area contributed by atoms with E-state index in [4.69, 9.17) is 4.74 Å². The molecule has 1 unspecified atom stereocenters. The van der Waals surface area contributed by atoms with Crippen LogP contribution in [-0.4, -0.2) is 56.2 Å². The zero-order valence-electron chi connectivity index (χ0n) is 17.7. The number of piperidine rings is 1. The van der Waals surface area contributed by atoms with E-state index in [2.05, 4.69) is 44.7 Å². The maximum absolute atomic E-state index is 12.4. The van der Waals surface area contributed by atoms with E-state index in [0.29, 0.717) is 24.4 Å². The van der Waals surface area contributed by atoms with Gasteiger partial charge in [-0.3, -0.25) is 4.90 Å². The summed E-state index contributed by atoms with van der Waals surface area (Å²) in [5.41, 5.74) is 3.56. The molecule has 2 N–H and O–H groups in total. The van der Waals surface area contributed by atoms with Gasteiger partial charge in [-0.15, -0.1) is 0 Å². The summed E-state index contributed by atoms with van der Waals surface area (Å²) in [5, 5.41) is 5.51. The second kappa shape index (κ2) is 9.78. The first-order valence-corrected chi connectivity index (χ1v) is 10.5. The molecule has 0 bridgehead atoms. The van der Waals surface area contributed by atoms with Crippen molar-refractivity contribution < 1.29 is 14.3 Å². The highest BCUT2D eigenvalue weighted by molar-refractivity contribution is 5.94. The number of hydrogen-bond donors (Lipinski definition) is 2. The number of urea groups is 1. The van der Waals surface area contributed by atoms with Crippen molar-refractivity contribution in [1.29, 1.82) is 0 Å². The fourth-order valence-corrected chi connectivity index (χ4v) is 4.01. The lowest BCUT2D eigenvalue weighted by molar-refractivity contribution is -0.139. The molecule has 1 aromatic carbocycles. The van der Waals surface area contributed by atoms with E-state index >= 15 is 0 Å². The van der Waals surface area contributed by atoms with Gasteiger partial charge >= 0.3 is 12.0 Å². The standard InChI is InChI=1S/C22H32N4O3/c1-4-29-21(27)20-16(2)23-22(28)24-19(20)15-25(3)14-17-8-10-18(11-9-17)26-12-6-5-7-13-26/h8-11,16H,4-7,12-15H2,1-3H3,(H2,23,24,28). The van der Waals surface area contributed by atoms with Crippen LogP contribution in [0.1, 0.15) is 38.7 Å². The van der Waals surface area contributed by atoms with Crippen LogP contribution in [0.2, 0.25) is 0 Å². The number of anilines is 1. The number of amides is 2. The molecule has 2 aliphatic rings. The first kappa shape index (κ1) is 21.2. The Morgan fingerprint density at radius 1 is 1.17 bits per heavy atom. The van der Waals surface area contributed by atoms with E-state index in [1.165, 1.54) is 30.5 Å². The van der Waals surface area contributed by atoms with Crippen LogP contribution < -0.4 is 15.5 Å². The average Bonchev–Trinajstić information content (AvgIpc) is 2.69. The molecule has 0 spiro atoms. The number of hydrogen-bond acceptors (Lipinski definition) is 5. The Morgan fingerprint density at radius 2 is 1.86 bits per heavy atom. The van der Waals surface area contributed by atoms with Crippen LogP contribution in [0.25, 0.3) is 0 Å². The lowest BCUT2D eigenvalue weighted by Gasteiger charge is -2.30. The minimum absolute atomic E-state index is 0.292. The fourth-order valence-electron chi connectivity index (χ4n) is 4.01. The molecule has 0 saturated carbocycles. The van der Waals surface area contributed by atoms with Crippen molar-refractivity contribution in [1.82, 2.24) is 15.5 Å². The van der Waals surface area contributed by atoms with Crippen molar-refractivity contribution >= 4 is 17.7 Å². The Hall–Kier alpha value is -2.54. The topological polar surface area (TPSA) is 73.9 Å². The van der Waals surface area contributed by atoms with Crippen molar-refractivity contribution in [3.05, 3.63) is 41.1 Å². The number of esters is 1. The molecule has 7 nitrogen and oxygen atoms in total. The van der Waals surface area contributed by atoms with E-state index < -0.39 is 0 Å². The molecular weight excluding hydrogens is 368 g/mol. The van der Waals surface area contributed by atoms with Gasteiger partial charge in [0.1, 0.15) is 0 Å². The summed E-state index contributed by atoms with van der Waals surface area (Å²) < 4.78 is 5.18. The monoisotopic (exact) mass is 400 g/mol. The molecule has 1 fully saturated rings. The number of ether oxygens (including phenoxy) is 1. The highest BCUT2D eigenvalue weighted by Gasteiger charge is 2.30. The highest BCUT2D eigenvalue weighted by atomic mass is 16.5. The van der Waals surface area contributed by atoms with Crippen molar-refractivity contribution in [2.45, 2.75) is 45.7 Å². The molecule has 0 radical (unpaired) electrons. The third kappa shape index (κ3) is 5.50. The summed E-state index contributed by atoms with van der Waals surface area (Å²) in [5.74, 6) is -0.387. The minimum atomic E-state index is -0.387. The van der Waals surface area contributed by atoms with Crippen LogP contribution in [0.3, 0.4) is 0 Å². The van der Waals surface area contributed by atoms with E-state index in [-0.39, 0.29) is 18.0 Å². The molecule has 1 aromatic rings. The molecular formula is C22H32N4O3. The fraction of sp³-hybridized carbons (Fsp3) is 0.545. The van der Waals surface area contributed by atoms with Gasteiger partial charge in [-0.1, -0.05) is 12.1 Å². The second-order valence-corrected chi connectivity index (χ2v) is 7.82. The number of nitrogens with one attached hydrogen (secondary N) is 2. The van der Waals surface area contributed by atoms with Crippen LogP contribution >= 0.6 is 0 Å². The highest BCUT2D eigenvalue weighted by Crippen LogP contribution is 2.21. The largest absolute Gasteiger partial charge is 0.463 e. The average molecular weight is 401 g/mol. The summed E-state index contributed by atoms with van der Waals surface area (Å²) >= 11 is 0. The Labute approximate surface area is 173 Å². The third-order valence-electron chi connectivity index (χ3n) is 5.40. The molecule has 2 heterocycles. The molecule has 1 atom stereocenters. The van der Waals surface area contributed by atoms with E-state index in [9.17, 15) is 9.59 Å². The van der Waals surface area contributed by atoms with Gasteiger partial charge in [0.2, 0.25) is 0 Å². The number of benzene rings is 1. The van der Waals surface area contributed by atoms with Gasteiger partial charge in [0, 0.05) is 37.6 Å². The second-order valence-electron chi connectivity index (χ2n) is 7.82. The predicted molar refractivity (Wildman–Crippen MR) is 114 cm³/mol. The molecule has 0 aromatic heterocycles. The summed E-state index contributed by atoms with van der Waals surface area (Å²) in [6.07, 6.45) is 3.86. The van der Waals surface area contributed by atoms with Gasteiger partial charge in [-0.25, -0.2) is 9.59 Å². The number of nitrogens with zero attached hydrogens (tertiary/aromatic N) is 2. The predicted octanol–water partition coefficient (Wildman–Crippen LogP) is 2.63. The van der Waals surface area contributed by atoms with Crippen molar-refractivity contribution in [2.75, 3.05) is 38.2 Å². The van der Waals surface area contributed by atoms with Crippen molar-refractivity contribution in [3.8, 4) is 0 Å². The van der Waals surface area contributed by atoms with Crippen LogP contribution in [-0.2, 0) is 16.1 Å². The molecule has 2 amide bonds. The molecule has 0 aliphatic carbocycles. The van der Waals surface area contributed by atoms with Gasteiger partial charge in [0.05, 0.1) is 18.2 Å². The molecule has 2 aliphatic heterocycles. The zero-order chi connectivity index (χ0) is 20.8. The first-order chi connectivity index (χ1) is 14.0. The summed E-state index contributed by atoms with van der Waals surface area (Å²) in [4.78, 5) is 28.8. The Bertz CT molecular complexity index is 754. The zero-order valence-corrected chi connectivity index (χ0v) is 17.7. The van der Waals surface area contributed by atoms with Crippen LogP contribution in [0.4, 0.5) is 10.5 Å². The maximum Gasteiger partial charge on any atom is 0.337 e. The summed E-state index contributed by atoms with van der Waals surface area (Å²) in [7, 11) is 1.98. The van der Waals surface area contributed by atoms with Crippen molar-refractivity contribution in [3.63, 3.8) is 0 Å². The third-order valence-corrected chi connectivity index (χ3v) is 5.40. The molecule has 1 saturated heterocycles. The minimum Gasteiger partial charge on any atom is -0.463 e. The smallest absolute Gasteiger partial charge is 0.337 e. The molecule has 158 valence electrons. The van der Waals surface area contributed by atoms with Gasteiger partial charge in [0.25, 0.3) is 0 Å². The Kier molecular flexibility index (Phi) is 7.14. The Morgan fingerprint density at radius 3 is 2.52 bits per heavy atom. The number of likely N-dealkylation sites (N-methyl/N-ethyl adjacent to an activating group) is 1. The Balaban J connectivity index is 1.66.